The molecule has 0 bridgehead atoms. The molecule has 17 heavy (non-hydrogen) atoms. The molecule has 0 saturated carbocycles. The maximum atomic E-state index is 11.9. The van der Waals surface area contributed by atoms with Crippen LogP contribution in [0.1, 0.15) is 6.42 Å². The van der Waals surface area contributed by atoms with Gasteiger partial charge in [-0.05, 0) is 12.1 Å². The average molecular weight is 278 g/mol. The molecule has 0 heterocycles. The van der Waals surface area contributed by atoms with Crippen molar-refractivity contribution in [1.82, 2.24) is 4.72 Å². The standard InChI is InChI=1S/C11H17ClN2O2S/c1-14(2)9-5-8-13-17(15,16)11-7-4-3-6-10(11)12/h3-4,6-7,13H,5,8-9H2,1-2H3/p+1. The Morgan fingerprint density at radius 3 is 2.53 bits per heavy atom. The van der Waals surface area contributed by atoms with Crippen LogP contribution in [0.15, 0.2) is 29.2 Å². The lowest BCUT2D eigenvalue weighted by atomic mass is 10.4. The van der Waals surface area contributed by atoms with Gasteiger partial charge in [-0.1, -0.05) is 23.7 Å². The van der Waals surface area contributed by atoms with Crippen molar-refractivity contribution in [3.63, 3.8) is 0 Å². The van der Waals surface area contributed by atoms with Crippen molar-refractivity contribution in [1.29, 1.82) is 0 Å². The molecule has 0 spiro atoms. The molecule has 96 valence electrons. The largest absolute Gasteiger partial charge is 0.340 e. The van der Waals surface area contributed by atoms with Crippen molar-refractivity contribution in [2.75, 3.05) is 27.2 Å². The van der Waals surface area contributed by atoms with Crippen LogP contribution >= 0.6 is 11.6 Å². The molecule has 0 saturated heterocycles. The predicted molar refractivity (Wildman–Crippen MR) is 68.9 cm³/mol. The van der Waals surface area contributed by atoms with Crippen molar-refractivity contribution in [2.45, 2.75) is 11.3 Å². The predicted octanol–water partition coefficient (Wildman–Crippen LogP) is 0.153. The summed E-state index contributed by atoms with van der Waals surface area (Å²) in [5.41, 5.74) is 0. The molecule has 0 amide bonds. The molecule has 0 aliphatic rings. The average Bonchev–Trinajstić information content (AvgIpc) is 2.24. The third-order valence-corrected chi connectivity index (χ3v) is 4.23. The minimum absolute atomic E-state index is 0.138. The minimum Gasteiger partial charge on any atom is -0.340 e. The van der Waals surface area contributed by atoms with Crippen LogP contribution in [0.5, 0.6) is 0 Å². The number of quaternary nitrogens is 1. The zero-order valence-electron chi connectivity index (χ0n) is 10.0. The molecule has 2 N–H and O–H groups in total. The molecule has 6 heteroatoms. The first-order valence-electron chi connectivity index (χ1n) is 5.47. The van der Waals surface area contributed by atoms with Crippen LogP contribution in [0, 0.1) is 0 Å². The van der Waals surface area contributed by atoms with E-state index in [1.54, 1.807) is 18.2 Å². The van der Waals surface area contributed by atoms with Crippen LogP contribution in [0.3, 0.4) is 0 Å². The number of hydrogen-bond acceptors (Lipinski definition) is 2. The van der Waals surface area contributed by atoms with Gasteiger partial charge in [-0.15, -0.1) is 0 Å². The second kappa shape index (κ2) is 6.35. The Kier molecular flexibility index (Phi) is 5.39. The van der Waals surface area contributed by atoms with Crippen LogP contribution < -0.4 is 9.62 Å². The van der Waals surface area contributed by atoms with Gasteiger partial charge >= 0.3 is 0 Å². The Bertz CT molecular complexity index is 460. The number of rotatable bonds is 6. The van der Waals surface area contributed by atoms with E-state index in [4.69, 9.17) is 11.6 Å². The summed E-state index contributed by atoms with van der Waals surface area (Å²) >= 11 is 5.85. The Morgan fingerprint density at radius 2 is 1.94 bits per heavy atom. The lowest BCUT2D eigenvalue weighted by molar-refractivity contribution is -0.858. The van der Waals surface area contributed by atoms with E-state index >= 15 is 0 Å². The van der Waals surface area contributed by atoms with Crippen LogP contribution in [0.25, 0.3) is 0 Å². The van der Waals surface area contributed by atoms with Gasteiger partial charge in [0.15, 0.2) is 0 Å². The van der Waals surface area contributed by atoms with Gasteiger partial charge in [0.1, 0.15) is 4.90 Å². The zero-order chi connectivity index (χ0) is 12.9. The minimum atomic E-state index is -3.48. The van der Waals surface area contributed by atoms with Crippen molar-refractivity contribution in [3.05, 3.63) is 29.3 Å². The first-order chi connectivity index (χ1) is 7.93. The third kappa shape index (κ3) is 4.63. The molecule has 0 aliphatic heterocycles. The Balaban J connectivity index is 2.61. The van der Waals surface area contributed by atoms with Crippen molar-refractivity contribution >= 4 is 21.6 Å². The Hall–Kier alpha value is -0.620. The molecule has 1 aromatic rings. The highest BCUT2D eigenvalue weighted by atomic mass is 35.5. The van der Waals surface area contributed by atoms with Crippen molar-refractivity contribution < 1.29 is 13.3 Å². The fraction of sp³-hybridized carbons (Fsp3) is 0.455. The van der Waals surface area contributed by atoms with Gasteiger partial charge < -0.3 is 4.90 Å². The van der Waals surface area contributed by atoms with E-state index in [0.717, 1.165) is 13.0 Å². The zero-order valence-corrected chi connectivity index (χ0v) is 11.6. The highest BCUT2D eigenvalue weighted by molar-refractivity contribution is 7.89. The molecule has 0 fully saturated rings. The van der Waals surface area contributed by atoms with Gasteiger partial charge in [0.05, 0.1) is 25.7 Å². The number of halogens is 1. The first-order valence-corrected chi connectivity index (χ1v) is 7.33. The second-order valence-corrected chi connectivity index (χ2v) is 6.28. The van der Waals surface area contributed by atoms with Crippen molar-refractivity contribution in [3.8, 4) is 0 Å². The number of sulfonamides is 1. The summed E-state index contributed by atoms with van der Waals surface area (Å²) in [7, 11) is 0.581. The highest BCUT2D eigenvalue weighted by Gasteiger charge is 2.16. The lowest BCUT2D eigenvalue weighted by Crippen LogP contribution is -3.05. The monoisotopic (exact) mass is 277 g/mol. The molecule has 0 unspecified atom stereocenters. The molecular formula is C11H18ClN2O2S+. The fourth-order valence-electron chi connectivity index (χ4n) is 1.39. The SMILES string of the molecule is C[NH+](C)CCCNS(=O)(=O)c1ccccc1Cl. The molecule has 1 aromatic carbocycles. The maximum Gasteiger partial charge on any atom is 0.242 e. The second-order valence-electron chi connectivity index (χ2n) is 4.14. The first kappa shape index (κ1) is 14.4. The number of benzene rings is 1. The Morgan fingerprint density at radius 1 is 1.29 bits per heavy atom. The summed E-state index contributed by atoms with van der Waals surface area (Å²) in [6, 6.07) is 6.43. The van der Waals surface area contributed by atoms with Crippen LogP contribution in [0.2, 0.25) is 5.02 Å². The number of hydrogen-bond donors (Lipinski definition) is 2. The molecule has 0 radical (unpaired) electrons. The van der Waals surface area contributed by atoms with Gasteiger partial charge in [-0.3, -0.25) is 0 Å². The van der Waals surface area contributed by atoms with E-state index in [2.05, 4.69) is 4.72 Å². The van der Waals surface area contributed by atoms with Gasteiger partial charge in [-0.2, -0.15) is 0 Å². The van der Waals surface area contributed by atoms with Crippen LogP contribution in [-0.4, -0.2) is 35.6 Å². The van der Waals surface area contributed by atoms with E-state index in [0.29, 0.717) is 6.54 Å². The molecule has 0 aromatic heterocycles. The molecule has 1 rings (SSSR count). The summed E-state index contributed by atoms with van der Waals surface area (Å²) in [5, 5.41) is 0.248. The Labute approximate surface area is 108 Å². The number of nitrogens with one attached hydrogen (secondary N) is 2. The summed E-state index contributed by atoms with van der Waals surface area (Å²) in [6.45, 7) is 1.35. The normalized spacial score (nSPS) is 12.0. The van der Waals surface area contributed by atoms with Crippen molar-refractivity contribution in [2.24, 2.45) is 0 Å². The quantitative estimate of drug-likeness (QED) is 0.728. The van der Waals surface area contributed by atoms with E-state index in [9.17, 15) is 8.42 Å². The summed E-state index contributed by atoms with van der Waals surface area (Å²) in [5.74, 6) is 0. The van der Waals surface area contributed by atoms with Crippen LogP contribution in [-0.2, 0) is 10.0 Å². The van der Waals surface area contributed by atoms with Gasteiger partial charge in [0.25, 0.3) is 0 Å². The summed E-state index contributed by atoms with van der Waals surface area (Å²) in [6.07, 6.45) is 0.798. The fourth-order valence-corrected chi connectivity index (χ4v) is 2.98. The molecular weight excluding hydrogens is 260 g/mol. The lowest BCUT2D eigenvalue weighted by Gasteiger charge is -2.09. The maximum absolute atomic E-state index is 11.9. The topological polar surface area (TPSA) is 50.6 Å². The third-order valence-electron chi connectivity index (χ3n) is 2.27. The van der Waals surface area contributed by atoms with E-state index in [1.165, 1.54) is 11.0 Å². The summed E-state index contributed by atoms with van der Waals surface area (Å²) < 4.78 is 26.3. The molecule has 0 atom stereocenters. The molecule has 0 aliphatic carbocycles. The van der Waals surface area contributed by atoms with Gasteiger partial charge in [0, 0.05) is 13.0 Å². The highest BCUT2D eigenvalue weighted by Crippen LogP contribution is 2.19. The van der Waals surface area contributed by atoms with Gasteiger partial charge in [-0.25, -0.2) is 13.1 Å². The van der Waals surface area contributed by atoms with E-state index in [-0.39, 0.29) is 9.92 Å². The van der Waals surface area contributed by atoms with Crippen LogP contribution in [0.4, 0.5) is 0 Å². The van der Waals surface area contributed by atoms with Gasteiger partial charge in [0.2, 0.25) is 10.0 Å². The van der Waals surface area contributed by atoms with E-state index < -0.39 is 10.0 Å². The van der Waals surface area contributed by atoms with E-state index in [1.807, 2.05) is 14.1 Å². The molecule has 4 nitrogen and oxygen atoms in total. The smallest absolute Gasteiger partial charge is 0.242 e. The summed E-state index contributed by atoms with van der Waals surface area (Å²) in [4.78, 5) is 1.43.